The van der Waals surface area contributed by atoms with E-state index in [1.807, 2.05) is 0 Å². The van der Waals surface area contributed by atoms with Gasteiger partial charge in [-0.25, -0.2) is 0 Å². The standard InChI is InChI=1S/C13H20N4O3/c1-13(12(19)20)6-3-2-4-10(13)15-11(18)5-8-17-9-7-14-16-17/h7,9-10H,2-6,8H2,1H3,(H,15,18)(H,19,20). The van der Waals surface area contributed by atoms with Crippen molar-refractivity contribution in [3.05, 3.63) is 12.4 Å². The lowest BCUT2D eigenvalue weighted by molar-refractivity contribution is -0.152. The number of hydrogen-bond acceptors (Lipinski definition) is 4. The second-order valence-corrected chi connectivity index (χ2v) is 5.50. The summed E-state index contributed by atoms with van der Waals surface area (Å²) in [4.78, 5) is 23.4. The molecule has 1 aromatic heterocycles. The first kappa shape index (κ1) is 14.5. The van der Waals surface area contributed by atoms with Crippen LogP contribution in [0.4, 0.5) is 0 Å². The Morgan fingerprint density at radius 1 is 1.50 bits per heavy atom. The Morgan fingerprint density at radius 3 is 2.95 bits per heavy atom. The van der Waals surface area contributed by atoms with Crippen molar-refractivity contribution in [2.24, 2.45) is 5.41 Å². The van der Waals surface area contributed by atoms with Gasteiger partial charge in [-0.2, -0.15) is 0 Å². The highest BCUT2D eigenvalue weighted by Crippen LogP contribution is 2.36. The molecule has 1 aliphatic rings. The minimum Gasteiger partial charge on any atom is -0.481 e. The minimum absolute atomic E-state index is 0.139. The van der Waals surface area contributed by atoms with E-state index in [0.717, 1.165) is 19.3 Å². The molecule has 2 unspecified atom stereocenters. The largest absolute Gasteiger partial charge is 0.481 e. The highest BCUT2D eigenvalue weighted by Gasteiger charge is 2.43. The molecule has 7 nitrogen and oxygen atoms in total. The van der Waals surface area contributed by atoms with Gasteiger partial charge < -0.3 is 10.4 Å². The number of aromatic nitrogens is 3. The summed E-state index contributed by atoms with van der Waals surface area (Å²) < 4.78 is 1.58. The molecule has 7 heteroatoms. The van der Waals surface area contributed by atoms with Crippen LogP contribution in [0.15, 0.2) is 12.4 Å². The lowest BCUT2D eigenvalue weighted by Gasteiger charge is -2.38. The van der Waals surface area contributed by atoms with Gasteiger partial charge in [-0.15, -0.1) is 5.10 Å². The van der Waals surface area contributed by atoms with Crippen LogP contribution in [0.1, 0.15) is 39.0 Å². The highest BCUT2D eigenvalue weighted by atomic mass is 16.4. The molecular weight excluding hydrogens is 260 g/mol. The Kier molecular flexibility index (Phi) is 4.36. The van der Waals surface area contributed by atoms with Gasteiger partial charge in [-0.3, -0.25) is 14.3 Å². The first-order valence-corrected chi connectivity index (χ1v) is 6.89. The van der Waals surface area contributed by atoms with E-state index in [1.54, 1.807) is 24.0 Å². The third-order valence-corrected chi connectivity index (χ3v) is 4.07. The van der Waals surface area contributed by atoms with Crippen molar-refractivity contribution in [2.45, 2.75) is 51.6 Å². The summed E-state index contributed by atoms with van der Waals surface area (Å²) in [6.07, 6.45) is 6.70. The van der Waals surface area contributed by atoms with Gasteiger partial charge in [0.1, 0.15) is 0 Å². The average Bonchev–Trinajstić information content (AvgIpc) is 2.92. The summed E-state index contributed by atoms with van der Waals surface area (Å²) in [5.41, 5.74) is -0.860. The van der Waals surface area contributed by atoms with Crippen LogP contribution >= 0.6 is 0 Å². The van der Waals surface area contributed by atoms with Crippen molar-refractivity contribution in [2.75, 3.05) is 0 Å². The molecule has 0 radical (unpaired) electrons. The molecule has 110 valence electrons. The molecule has 2 rings (SSSR count). The molecule has 0 aromatic carbocycles. The van der Waals surface area contributed by atoms with Crippen LogP contribution in [0.3, 0.4) is 0 Å². The Hall–Kier alpha value is -1.92. The molecule has 1 fully saturated rings. The fourth-order valence-corrected chi connectivity index (χ4v) is 2.66. The molecule has 0 aliphatic heterocycles. The van der Waals surface area contributed by atoms with Gasteiger partial charge in [0, 0.05) is 18.7 Å². The number of carbonyl (C=O) groups is 2. The maximum atomic E-state index is 12.0. The summed E-state index contributed by atoms with van der Waals surface area (Å²) in [5, 5.41) is 19.7. The summed E-state index contributed by atoms with van der Waals surface area (Å²) in [5.74, 6) is -0.973. The van der Waals surface area contributed by atoms with E-state index >= 15 is 0 Å². The number of hydrogen-bond donors (Lipinski definition) is 2. The minimum atomic E-state index is -0.860. The number of rotatable bonds is 5. The van der Waals surface area contributed by atoms with E-state index in [-0.39, 0.29) is 18.4 Å². The Bertz CT molecular complexity index is 474. The quantitative estimate of drug-likeness (QED) is 0.832. The summed E-state index contributed by atoms with van der Waals surface area (Å²) >= 11 is 0. The van der Waals surface area contributed by atoms with Gasteiger partial charge in [0.2, 0.25) is 5.91 Å². The van der Waals surface area contributed by atoms with Crippen molar-refractivity contribution >= 4 is 11.9 Å². The number of nitrogens with one attached hydrogen (secondary N) is 1. The van der Waals surface area contributed by atoms with Crippen molar-refractivity contribution in [3.63, 3.8) is 0 Å². The number of nitrogens with zero attached hydrogens (tertiary/aromatic N) is 3. The first-order chi connectivity index (χ1) is 9.52. The van der Waals surface area contributed by atoms with E-state index in [1.165, 1.54) is 0 Å². The molecule has 0 bridgehead atoms. The Labute approximate surface area is 117 Å². The van der Waals surface area contributed by atoms with Crippen LogP contribution in [0, 0.1) is 5.41 Å². The van der Waals surface area contributed by atoms with Gasteiger partial charge in [-0.1, -0.05) is 18.1 Å². The highest BCUT2D eigenvalue weighted by molar-refractivity contribution is 5.79. The topological polar surface area (TPSA) is 97.1 Å². The van der Waals surface area contributed by atoms with Gasteiger partial charge in [0.25, 0.3) is 0 Å². The zero-order valence-electron chi connectivity index (χ0n) is 11.6. The van der Waals surface area contributed by atoms with E-state index in [4.69, 9.17) is 0 Å². The molecule has 1 heterocycles. The normalized spacial score (nSPS) is 26.1. The maximum Gasteiger partial charge on any atom is 0.311 e. The van der Waals surface area contributed by atoms with Crippen LogP contribution in [-0.4, -0.2) is 38.0 Å². The fourth-order valence-electron chi connectivity index (χ4n) is 2.66. The Morgan fingerprint density at radius 2 is 2.30 bits per heavy atom. The molecule has 1 amide bonds. The van der Waals surface area contributed by atoms with Crippen molar-refractivity contribution in [1.82, 2.24) is 20.3 Å². The van der Waals surface area contributed by atoms with E-state index in [0.29, 0.717) is 13.0 Å². The van der Waals surface area contributed by atoms with Crippen molar-refractivity contribution in [1.29, 1.82) is 0 Å². The zero-order chi connectivity index (χ0) is 14.6. The van der Waals surface area contributed by atoms with E-state index < -0.39 is 11.4 Å². The SMILES string of the molecule is CC1(C(=O)O)CCCCC1NC(=O)CCn1ccnn1. The number of carboxylic acid groups (broad SMARTS) is 1. The number of aryl methyl sites for hydroxylation is 1. The van der Waals surface area contributed by atoms with Gasteiger partial charge in [0.15, 0.2) is 0 Å². The second-order valence-electron chi connectivity index (χ2n) is 5.50. The van der Waals surface area contributed by atoms with Crippen LogP contribution in [-0.2, 0) is 16.1 Å². The zero-order valence-corrected chi connectivity index (χ0v) is 11.6. The van der Waals surface area contributed by atoms with Crippen LogP contribution in [0.5, 0.6) is 0 Å². The number of carbonyl (C=O) groups excluding carboxylic acids is 1. The van der Waals surface area contributed by atoms with Crippen LogP contribution in [0.2, 0.25) is 0 Å². The van der Waals surface area contributed by atoms with Gasteiger partial charge in [-0.05, 0) is 19.8 Å². The Balaban J connectivity index is 1.90. The third-order valence-electron chi connectivity index (χ3n) is 4.07. The van der Waals surface area contributed by atoms with E-state index in [2.05, 4.69) is 15.6 Å². The predicted octanol–water partition coefficient (Wildman–Crippen LogP) is 0.818. The number of amides is 1. The predicted molar refractivity (Wildman–Crippen MR) is 70.8 cm³/mol. The van der Waals surface area contributed by atoms with E-state index in [9.17, 15) is 14.7 Å². The summed E-state index contributed by atoms with van der Waals surface area (Å²) in [6, 6.07) is -0.294. The second kappa shape index (κ2) is 6.02. The fraction of sp³-hybridized carbons (Fsp3) is 0.692. The average molecular weight is 280 g/mol. The lowest BCUT2D eigenvalue weighted by atomic mass is 9.71. The first-order valence-electron chi connectivity index (χ1n) is 6.89. The smallest absolute Gasteiger partial charge is 0.311 e. The molecule has 2 atom stereocenters. The molecule has 0 saturated heterocycles. The van der Waals surface area contributed by atoms with Crippen molar-refractivity contribution in [3.8, 4) is 0 Å². The molecule has 1 aliphatic carbocycles. The molecule has 0 spiro atoms. The summed E-state index contributed by atoms with van der Waals surface area (Å²) in [7, 11) is 0. The van der Waals surface area contributed by atoms with Crippen LogP contribution in [0.25, 0.3) is 0 Å². The van der Waals surface area contributed by atoms with Crippen molar-refractivity contribution < 1.29 is 14.7 Å². The third kappa shape index (κ3) is 3.15. The number of carboxylic acids is 1. The summed E-state index contributed by atoms with van der Waals surface area (Å²) in [6.45, 7) is 2.17. The lowest BCUT2D eigenvalue weighted by Crippen LogP contribution is -2.52. The monoisotopic (exact) mass is 280 g/mol. The molecule has 20 heavy (non-hydrogen) atoms. The number of aliphatic carboxylic acids is 1. The molecule has 1 aromatic rings. The molecule has 1 saturated carbocycles. The molecule has 2 N–H and O–H groups in total. The van der Waals surface area contributed by atoms with Gasteiger partial charge >= 0.3 is 5.97 Å². The van der Waals surface area contributed by atoms with Gasteiger partial charge in [0.05, 0.1) is 18.2 Å². The molecular formula is C13H20N4O3. The maximum absolute atomic E-state index is 12.0. The van der Waals surface area contributed by atoms with Crippen LogP contribution < -0.4 is 5.32 Å².